The van der Waals surface area contributed by atoms with Crippen LogP contribution in [-0.2, 0) is 4.74 Å². The highest BCUT2D eigenvalue weighted by atomic mass is 16.5. The van der Waals surface area contributed by atoms with E-state index in [1.807, 2.05) is 0 Å². The number of hydrogen-bond donors (Lipinski definition) is 1. The number of likely N-dealkylation sites (N-methyl/N-ethyl adjacent to an activating group) is 1. The van der Waals surface area contributed by atoms with Gasteiger partial charge in [-0.15, -0.1) is 0 Å². The van der Waals surface area contributed by atoms with E-state index in [0.29, 0.717) is 11.5 Å². The van der Waals surface area contributed by atoms with Crippen LogP contribution in [0.25, 0.3) is 0 Å². The molecule has 0 aromatic rings. The summed E-state index contributed by atoms with van der Waals surface area (Å²) < 4.78 is 5.91. The van der Waals surface area contributed by atoms with Crippen LogP contribution in [0.5, 0.6) is 0 Å². The van der Waals surface area contributed by atoms with Gasteiger partial charge in [-0.3, -0.25) is 0 Å². The van der Waals surface area contributed by atoms with Crippen LogP contribution in [0, 0.1) is 5.41 Å². The summed E-state index contributed by atoms with van der Waals surface area (Å²) in [4.78, 5) is 2.55. The van der Waals surface area contributed by atoms with Gasteiger partial charge in [-0.25, -0.2) is 0 Å². The van der Waals surface area contributed by atoms with Gasteiger partial charge in [0, 0.05) is 26.2 Å². The second kappa shape index (κ2) is 9.12. The molecule has 1 atom stereocenters. The molecule has 1 heterocycles. The molecule has 0 bridgehead atoms. The van der Waals surface area contributed by atoms with Gasteiger partial charge in [-0.05, 0) is 57.5 Å². The van der Waals surface area contributed by atoms with E-state index in [9.17, 15) is 0 Å². The lowest BCUT2D eigenvalue weighted by atomic mass is 9.73. The van der Waals surface area contributed by atoms with Crippen molar-refractivity contribution in [1.29, 1.82) is 0 Å². The van der Waals surface area contributed by atoms with Crippen LogP contribution in [0.15, 0.2) is 0 Å². The molecule has 0 spiro atoms. The molecule has 0 radical (unpaired) electrons. The lowest BCUT2D eigenvalue weighted by Crippen LogP contribution is -2.46. The molecule has 2 fully saturated rings. The van der Waals surface area contributed by atoms with Crippen molar-refractivity contribution in [3.8, 4) is 0 Å². The molecule has 0 amide bonds. The van der Waals surface area contributed by atoms with Gasteiger partial charge in [0.15, 0.2) is 0 Å². The van der Waals surface area contributed by atoms with Crippen LogP contribution < -0.4 is 5.32 Å². The Kier molecular flexibility index (Phi) is 7.48. The first-order chi connectivity index (χ1) is 10.2. The van der Waals surface area contributed by atoms with Crippen molar-refractivity contribution in [2.24, 2.45) is 5.41 Å². The molecule has 124 valence electrons. The Hall–Kier alpha value is -0.120. The van der Waals surface area contributed by atoms with Crippen LogP contribution in [0.3, 0.4) is 0 Å². The summed E-state index contributed by atoms with van der Waals surface area (Å²) in [6.45, 7) is 7.96. The second-order valence-corrected chi connectivity index (χ2v) is 7.42. The summed E-state index contributed by atoms with van der Waals surface area (Å²) in [6, 6.07) is 0. The molecular formula is C18H36N2O. The number of nitrogens with zero attached hydrogens (tertiary/aromatic N) is 1. The van der Waals surface area contributed by atoms with Crippen molar-refractivity contribution in [3.05, 3.63) is 0 Å². The van der Waals surface area contributed by atoms with Gasteiger partial charge in [0.2, 0.25) is 0 Å². The standard InChI is InChI=1S/C18H36N2O/c1-3-12-19-15-18(10-6-4-7-11-18)16-20(2)14-17-9-5-8-13-21-17/h17,19H,3-16H2,1-2H3. The Bertz CT molecular complexity index is 270. The van der Waals surface area contributed by atoms with E-state index >= 15 is 0 Å². The normalized spacial score (nSPS) is 26.1. The van der Waals surface area contributed by atoms with E-state index in [0.717, 1.165) is 19.7 Å². The molecule has 1 unspecified atom stereocenters. The first-order valence-corrected chi connectivity index (χ1v) is 9.25. The summed E-state index contributed by atoms with van der Waals surface area (Å²) >= 11 is 0. The van der Waals surface area contributed by atoms with Gasteiger partial charge in [-0.1, -0.05) is 26.2 Å². The van der Waals surface area contributed by atoms with Crippen molar-refractivity contribution < 1.29 is 4.74 Å². The molecule has 1 saturated carbocycles. The number of nitrogens with one attached hydrogen (secondary N) is 1. The Morgan fingerprint density at radius 2 is 1.95 bits per heavy atom. The van der Waals surface area contributed by atoms with E-state index in [2.05, 4.69) is 24.2 Å². The van der Waals surface area contributed by atoms with E-state index in [1.54, 1.807) is 0 Å². The first kappa shape index (κ1) is 17.2. The maximum Gasteiger partial charge on any atom is 0.0701 e. The Labute approximate surface area is 131 Å². The highest BCUT2D eigenvalue weighted by Crippen LogP contribution is 2.36. The van der Waals surface area contributed by atoms with Gasteiger partial charge in [0.1, 0.15) is 0 Å². The molecule has 3 heteroatoms. The summed E-state index contributed by atoms with van der Waals surface area (Å²) in [5.41, 5.74) is 0.511. The average molecular weight is 296 g/mol. The third-order valence-electron chi connectivity index (χ3n) is 5.24. The minimum Gasteiger partial charge on any atom is -0.377 e. The fraction of sp³-hybridized carbons (Fsp3) is 1.00. The molecule has 1 aliphatic heterocycles. The molecule has 2 rings (SSSR count). The third-order valence-corrected chi connectivity index (χ3v) is 5.24. The van der Waals surface area contributed by atoms with Crippen molar-refractivity contribution >= 4 is 0 Å². The van der Waals surface area contributed by atoms with E-state index < -0.39 is 0 Å². The topological polar surface area (TPSA) is 24.5 Å². The zero-order valence-corrected chi connectivity index (χ0v) is 14.3. The molecule has 0 aromatic carbocycles. The van der Waals surface area contributed by atoms with Gasteiger partial charge < -0.3 is 15.0 Å². The quantitative estimate of drug-likeness (QED) is 0.694. The molecule has 2 aliphatic rings. The first-order valence-electron chi connectivity index (χ1n) is 9.25. The summed E-state index contributed by atoms with van der Waals surface area (Å²) in [5.74, 6) is 0. The zero-order chi connectivity index (χ0) is 15.0. The van der Waals surface area contributed by atoms with Gasteiger partial charge in [0.05, 0.1) is 6.10 Å². The van der Waals surface area contributed by atoms with Gasteiger partial charge in [-0.2, -0.15) is 0 Å². The van der Waals surface area contributed by atoms with Gasteiger partial charge in [0.25, 0.3) is 0 Å². The monoisotopic (exact) mass is 296 g/mol. The van der Waals surface area contributed by atoms with Gasteiger partial charge >= 0.3 is 0 Å². The summed E-state index contributed by atoms with van der Waals surface area (Å²) in [5, 5.41) is 3.70. The largest absolute Gasteiger partial charge is 0.377 e. The Morgan fingerprint density at radius 3 is 2.62 bits per heavy atom. The minimum atomic E-state index is 0.480. The van der Waals surface area contributed by atoms with Crippen LogP contribution >= 0.6 is 0 Å². The maximum atomic E-state index is 5.91. The van der Waals surface area contributed by atoms with Crippen LogP contribution in [0.4, 0.5) is 0 Å². The Morgan fingerprint density at radius 1 is 1.14 bits per heavy atom. The highest BCUT2D eigenvalue weighted by Gasteiger charge is 2.33. The zero-order valence-electron chi connectivity index (χ0n) is 14.3. The lowest BCUT2D eigenvalue weighted by Gasteiger charge is -2.41. The highest BCUT2D eigenvalue weighted by molar-refractivity contribution is 4.88. The molecular weight excluding hydrogens is 260 g/mol. The second-order valence-electron chi connectivity index (χ2n) is 7.42. The predicted octanol–water partition coefficient (Wildman–Crippen LogP) is 3.44. The van der Waals surface area contributed by atoms with Crippen molar-refractivity contribution in [2.45, 2.75) is 70.8 Å². The summed E-state index contributed by atoms with van der Waals surface area (Å²) in [7, 11) is 2.30. The molecule has 1 saturated heterocycles. The predicted molar refractivity (Wildman–Crippen MR) is 89.8 cm³/mol. The van der Waals surface area contributed by atoms with Crippen molar-refractivity contribution in [2.75, 3.05) is 39.8 Å². The van der Waals surface area contributed by atoms with E-state index in [-0.39, 0.29) is 0 Å². The van der Waals surface area contributed by atoms with E-state index in [4.69, 9.17) is 4.74 Å². The number of hydrogen-bond acceptors (Lipinski definition) is 3. The SMILES string of the molecule is CCCNCC1(CN(C)CC2CCCCO2)CCCCC1. The average Bonchev–Trinajstić information content (AvgIpc) is 2.49. The molecule has 21 heavy (non-hydrogen) atoms. The molecule has 1 aliphatic carbocycles. The fourth-order valence-corrected chi connectivity index (χ4v) is 4.16. The van der Waals surface area contributed by atoms with Crippen molar-refractivity contribution in [3.63, 3.8) is 0 Å². The minimum absolute atomic E-state index is 0.480. The fourth-order valence-electron chi connectivity index (χ4n) is 4.16. The van der Waals surface area contributed by atoms with Crippen LogP contribution in [0.1, 0.15) is 64.7 Å². The number of rotatable bonds is 8. The maximum absolute atomic E-state index is 5.91. The van der Waals surface area contributed by atoms with Crippen molar-refractivity contribution in [1.82, 2.24) is 10.2 Å². The molecule has 1 N–H and O–H groups in total. The van der Waals surface area contributed by atoms with Crippen LogP contribution in [0.2, 0.25) is 0 Å². The molecule has 0 aromatic heterocycles. The number of ether oxygens (including phenoxy) is 1. The lowest BCUT2D eigenvalue weighted by molar-refractivity contribution is -0.0105. The summed E-state index contributed by atoms with van der Waals surface area (Å²) in [6.07, 6.45) is 12.7. The smallest absolute Gasteiger partial charge is 0.0701 e. The van der Waals surface area contributed by atoms with Crippen LogP contribution in [-0.4, -0.2) is 50.8 Å². The molecule has 3 nitrogen and oxygen atoms in total. The Balaban J connectivity index is 1.81. The third kappa shape index (κ3) is 5.88. The van der Waals surface area contributed by atoms with E-state index in [1.165, 1.54) is 70.9 Å².